The van der Waals surface area contributed by atoms with Crippen LogP contribution in [0.4, 0.5) is 0 Å². The smallest absolute Gasteiger partial charge is 0.267 e. The zero-order valence-electron chi connectivity index (χ0n) is 8.67. The predicted molar refractivity (Wildman–Crippen MR) is 61.4 cm³/mol. The number of aryl methyl sites for hydroxylation is 1. The first-order valence-electron chi connectivity index (χ1n) is 4.54. The number of rotatable bonds is 1. The molecule has 6 nitrogen and oxygen atoms in total. The van der Waals surface area contributed by atoms with Crippen LogP contribution in [0.15, 0.2) is 21.1 Å². The molecule has 86 valence electrons. The number of fused-ring (bicyclic) bond motifs is 1. The van der Waals surface area contributed by atoms with Crippen molar-refractivity contribution in [3.63, 3.8) is 0 Å². The van der Waals surface area contributed by atoms with E-state index < -0.39 is 15.4 Å². The molecule has 1 aromatic heterocycles. The monoisotopic (exact) mass is 259 g/mol. The summed E-state index contributed by atoms with van der Waals surface area (Å²) in [5, 5.41) is 3.66. The van der Waals surface area contributed by atoms with Crippen LogP contribution in [-0.4, -0.2) is 28.2 Å². The third-order valence-corrected chi connectivity index (χ3v) is 4.89. The van der Waals surface area contributed by atoms with Crippen molar-refractivity contribution in [1.82, 2.24) is 9.66 Å². The Morgan fingerprint density at radius 2 is 2.19 bits per heavy atom. The van der Waals surface area contributed by atoms with E-state index >= 15 is 0 Å². The zero-order valence-corrected chi connectivity index (χ0v) is 10.3. The van der Waals surface area contributed by atoms with Crippen molar-refractivity contribution < 1.29 is 8.42 Å². The molecule has 0 spiro atoms. The minimum atomic E-state index is -3.69. The summed E-state index contributed by atoms with van der Waals surface area (Å²) in [4.78, 5) is 14.6. The quantitative estimate of drug-likeness (QED) is 0.673. The molecular weight excluding hydrogens is 250 g/mol. The summed E-state index contributed by atoms with van der Waals surface area (Å²) < 4.78 is 25.0. The number of hydrogen-bond acceptors (Lipinski definition) is 6. The Labute approximate surface area is 96.3 Å². The number of aromatic nitrogens is 2. The molecule has 0 aliphatic carbocycles. The van der Waals surface area contributed by atoms with E-state index in [0.29, 0.717) is 11.4 Å². The van der Waals surface area contributed by atoms with E-state index in [-0.39, 0.29) is 9.53 Å². The van der Waals surface area contributed by atoms with Gasteiger partial charge in [0.05, 0.1) is 0 Å². The summed E-state index contributed by atoms with van der Waals surface area (Å²) in [5.74, 6) is 0.593. The second kappa shape index (κ2) is 3.70. The maximum Gasteiger partial charge on any atom is 0.274 e. The molecule has 0 saturated carbocycles. The van der Waals surface area contributed by atoms with Gasteiger partial charge in [-0.05, 0) is 12.7 Å². The summed E-state index contributed by atoms with van der Waals surface area (Å²) in [7, 11) is -3.69. The van der Waals surface area contributed by atoms with Crippen molar-refractivity contribution in [2.24, 2.45) is 5.10 Å². The van der Waals surface area contributed by atoms with Crippen LogP contribution in [-0.2, 0) is 9.84 Å². The Kier molecular flexibility index (Phi) is 2.62. The van der Waals surface area contributed by atoms with Crippen molar-refractivity contribution in [1.29, 1.82) is 0 Å². The fourth-order valence-electron chi connectivity index (χ4n) is 1.30. The molecule has 0 fully saturated rings. The first-order chi connectivity index (χ1) is 7.46. The molecule has 2 heterocycles. The molecule has 0 atom stereocenters. The van der Waals surface area contributed by atoms with E-state index in [1.54, 1.807) is 6.92 Å². The average molecular weight is 259 g/mol. The zero-order chi connectivity index (χ0) is 11.9. The molecule has 1 aromatic rings. The Morgan fingerprint density at radius 3 is 2.81 bits per heavy atom. The number of sulfone groups is 1. The molecule has 0 N–H and O–H groups in total. The summed E-state index contributed by atoms with van der Waals surface area (Å²) in [6, 6.07) is 1.25. The lowest BCUT2D eigenvalue weighted by atomic mass is 10.4. The molecule has 1 aliphatic heterocycles. The van der Waals surface area contributed by atoms with E-state index in [1.165, 1.54) is 10.7 Å². The lowest BCUT2D eigenvalue weighted by Crippen LogP contribution is -2.18. The van der Waals surface area contributed by atoms with Crippen LogP contribution >= 0.6 is 11.8 Å². The maximum absolute atomic E-state index is 11.9. The first kappa shape index (κ1) is 11.3. The number of hydrogen-bond donors (Lipinski definition) is 0. The number of nitrogens with zero attached hydrogens (tertiary/aromatic N) is 3. The second-order valence-corrected chi connectivity index (χ2v) is 6.40. The molecule has 0 radical (unpaired) electrons. The van der Waals surface area contributed by atoms with E-state index in [1.807, 2.05) is 6.92 Å². The van der Waals surface area contributed by atoms with Crippen molar-refractivity contribution in [2.45, 2.75) is 19.0 Å². The molecule has 0 aromatic carbocycles. The van der Waals surface area contributed by atoms with Gasteiger partial charge in [0.25, 0.3) is 20.6 Å². The van der Waals surface area contributed by atoms with Gasteiger partial charge in [-0.2, -0.15) is 4.98 Å². The Balaban J connectivity index is 2.72. The summed E-state index contributed by atoms with van der Waals surface area (Å²) in [6.45, 7) is 3.45. The minimum Gasteiger partial charge on any atom is -0.267 e. The summed E-state index contributed by atoms with van der Waals surface area (Å²) >= 11 is 1.12. The van der Waals surface area contributed by atoms with Gasteiger partial charge >= 0.3 is 0 Å². The largest absolute Gasteiger partial charge is 0.274 e. The van der Waals surface area contributed by atoms with Crippen molar-refractivity contribution in [3.8, 4) is 0 Å². The van der Waals surface area contributed by atoms with Crippen molar-refractivity contribution in [2.75, 3.05) is 5.75 Å². The Morgan fingerprint density at radius 1 is 1.50 bits per heavy atom. The molecule has 0 saturated heterocycles. The highest BCUT2D eigenvalue weighted by molar-refractivity contribution is 8.35. The molecule has 1 aliphatic rings. The van der Waals surface area contributed by atoms with E-state index in [9.17, 15) is 13.2 Å². The lowest BCUT2D eigenvalue weighted by molar-refractivity contribution is 0.586. The van der Waals surface area contributed by atoms with Gasteiger partial charge in [-0.1, -0.05) is 18.7 Å². The van der Waals surface area contributed by atoms with Crippen LogP contribution < -0.4 is 5.56 Å². The van der Waals surface area contributed by atoms with E-state index in [0.717, 1.165) is 11.8 Å². The van der Waals surface area contributed by atoms with Crippen LogP contribution in [0.5, 0.6) is 0 Å². The van der Waals surface area contributed by atoms with Crippen LogP contribution in [0, 0.1) is 6.92 Å². The highest BCUT2D eigenvalue weighted by Gasteiger charge is 2.34. The standard InChI is InChI=1S/C8H9N3O3S2/c1-3-15-8-10-11-5(2)4-6(12)9-7(11)16(8,13)14/h4H,3H2,1-2H3. The Bertz CT molecular complexity index is 630. The predicted octanol–water partition coefficient (Wildman–Crippen LogP) is 0.211. The molecule has 8 heteroatoms. The van der Waals surface area contributed by atoms with Crippen molar-refractivity contribution >= 4 is 26.0 Å². The van der Waals surface area contributed by atoms with Gasteiger partial charge in [0.1, 0.15) is 0 Å². The fourth-order valence-corrected chi connectivity index (χ4v) is 3.86. The maximum atomic E-state index is 11.9. The highest BCUT2D eigenvalue weighted by atomic mass is 32.3. The van der Waals surface area contributed by atoms with Gasteiger partial charge in [0.2, 0.25) is 4.38 Å². The van der Waals surface area contributed by atoms with Crippen LogP contribution in [0.1, 0.15) is 12.6 Å². The fraction of sp³-hybridized carbons (Fsp3) is 0.375. The molecule has 2 rings (SSSR count). The molecule has 0 unspecified atom stereocenters. The molecule has 0 bridgehead atoms. The van der Waals surface area contributed by atoms with Crippen LogP contribution in [0.2, 0.25) is 0 Å². The average Bonchev–Trinajstić information content (AvgIpc) is 2.42. The van der Waals surface area contributed by atoms with Gasteiger partial charge in [0, 0.05) is 11.8 Å². The van der Waals surface area contributed by atoms with Gasteiger partial charge in [-0.25, -0.2) is 13.1 Å². The van der Waals surface area contributed by atoms with Gasteiger partial charge in [0.15, 0.2) is 0 Å². The topological polar surface area (TPSA) is 81.4 Å². The SMILES string of the molecule is CCSC1=Nn2c(C)cc(=O)nc2S1(=O)=O. The number of thioether (sulfide) groups is 1. The third-order valence-electron chi connectivity index (χ3n) is 1.97. The first-order valence-corrected chi connectivity index (χ1v) is 7.01. The molecule has 16 heavy (non-hydrogen) atoms. The summed E-state index contributed by atoms with van der Waals surface area (Å²) in [6.07, 6.45) is 0. The van der Waals surface area contributed by atoms with E-state index in [2.05, 4.69) is 10.1 Å². The third kappa shape index (κ3) is 1.57. The van der Waals surface area contributed by atoms with Gasteiger partial charge in [-0.15, -0.1) is 5.10 Å². The molecular formula is C8H9N3O3S2. The molecule has 0 amide bonds. The summed E-state index contributed by atoms with van der Waals surface area (Å²) in [5.41, 5.74) is -0.101. The lowest BCUT2D eigenvalue weighted by Gasteiger charge is -2.00. The van der Waals surface area contributed by atoms with E-state index in [4.69, 9.17) is 0 Å². The Hall–Kier alpha value is -1.15. The van der Waals surface area contributed by atoms with Crippen LogP contribution in [0.3, 0.4) is 0 Å². The normalized spacial score (nSPS) is 17.0. The minimum absolute atomic E-state index is 0.00352. The van der Waals surface area contributed by atoms with Gasteiger partial charge in [-0.3, -0.25) is 4.79 Å². The van der Waals surface area contributed by atoms with Gasteiger partial charge < -0.3 is 0 Å². The highest BCUT2D eigenvalue weighted by Crippen LogP contribution is 2.24. The van der Waals surface area contributed by atoms with Crippen molar-refractivity contribution in [3.05, 3.63) is 22.1 Å². The second-order valence-electron chi connectivity index (χ2n) is 3.13. The van der Waals surface area contributed by atoms with Crippen LogP contribution in [0.25, 0.3) is 0 Å².